The lowest BCUT2D eigenvalue weighted by Crippen LogP contribution is -2.32. The van der Waals surface area contributed by atoms with Gasteiger partial charge in [0.25, 0.3) is 0 Å². The quantitative estimate of drug-likeness (QED) is 0.408. The summed E-state index contributed by atoms with van der Waals surface area (Å²) in [6, 6.07) is 0. The fourth-order valence-corrected chi connectivity index (χ4v) is 1.76. The van der Waals surface area contributed by atoms with Crippen molar-refractivity contribution in [2.45, 2.75) is 38.4 Å². The first-order valence-corrected chi connectivity index (χ1v) is 5.13. The number of carbonyl (C=O) groups excluding carboxylic acids is 2. The van der Waals surface area contributed by atoms with Crippen molar-refractivity contribution in [2.75, 3.05) is 14.2 Å². The minimum absolute atomic E-state index is 0.277. The topological polar surface area (TPSA) is 65.1 Å². The first kappa shape index (κ1) is 13.0. The minimum atomic E-state index is -0.915. The van der Waals surface area contributed by atoms with Crippen LogP contribution in [0.15, 0.2) is 0 Å². The molecule has 1 aliphatic rings. The molecule has 1 saturated heterocycles. The van der Waals surface area contributed by atoms with Gasteiger partial charge in [-0.15, -0.1) is 0 Å². The summed E-state index contributed by atoms with van der Waals surface area (Å²) in [5.74, 6) is -2.08. The molecule has 1 aliphatic heterocycles. The van der Waals surface area contributed by atoms with E-state index in [4.69, 9.17) is 4.74 Å². The Morgan fingerprint density at radius 2 is 1.50 bits per heavy atom. The Balaban J connectivity index is 2.73. The van der Waals surface area contributed by atoms with Crippen LogP contribution in [0.1, 0.15) is 27.2 Å². The number of hydrogen-bond acceptors (Lipinski definition) is 5. The highest BCUT2D eigenvalue weighted by Crippen LogP contribution is 2.51. The predicted molar refractivity (Wildman–Crippen MR) is 55.7 cm³/mol. The van der Waals surface area contributed by atoms with E-state index in [1.807, 2.05) is 20.8 Å². The van der Waals surface area contributed by atoms with Crippen LogP contribution in [0.2, 0.25) is 0 Å². The van der Waals surface area contributed by atoms with E-state index in [9.17, 15) is 9.59 Å². The van der Waals surface area contributed by atoms with E-state index in [0.717, 1.165) is 0 Å². The zero-order chi connectivity index (χ0) is 12.6. The number of carbonyl (C=O) groups is 2. The summed E-state index contributed by atoms with van der Waals surface area (Å²) < 4.78 is 14.7. The van der Waals surface area contributed by atoms with Gasteiger partial charge in [0.1, 0.15) is 0 Å². The fourth-order valence-electron chi connectivity index (χ4n) is 1.76. The van der Waals surface area contributed by atoms with Crippen LogP contribution in [-0.2, 0) is 23.8 Å². The van der Waals surface area contributed by atoms with Crippen molar-refractivity contribution in [1.82, 2.24) is 0 Å². The van der Waals surface area contributed by atoms with E-state index in [1.165, 1.54) is 14.2 Å². The third-order valence-electron chi connectivity index (χ3n) is 3.28. The summed E-state index contributed by atoms with van der Waals surface area (Å²) in [6.07, 6.45) is 0.277. The van der Waals surface area contributed by atoms with Crippen LogP contribution < -0.4 is 0 Å². The molecular weight excluding hydrogens is 212 g/mol. The van der Waals surface area contributed by atoms with Crippen LogP contribution in [0.5, 0.6) is 0 Å². The molecule has 0 radical (unpaired) electrons. The van der Waals surface area contributed by atoms with Crippen LogP contribution in [0, 0.1) is 5.92 Å². The van der Waals surface area contributed by atoms with Crippen molar-refractivity contribution < 1.29 is 23.8 Å². The van der Waals surface area contributed by atoms with Crippen LogP contribution in [-0.4, -0.2) is 37.4 Å². The van der Waals surface area contributed by atoms with Gasteiger partial charge in [-0.25, -0.2) is 0 Å². The molecule has 5 nitrogen and oxygen atoms in total. The minimum Gasteiger partial charge on any atom is -0.468 e. The first-order valence-electron chi connectivity index (χ1n) is 5.13. The lowest BCUT2D eigenvalue weighted by molar-refractivity contribution is -0.159. The second kappa shape index (κ2) is 4.05. The zero-order valence-corrected chi connectivity index (χ0v) is 10.3. The number of hydrogen-bond donors (Lipinski definition) is 0. The smallest absolute Gasteiger partial charge is 0.320 e. The number of rotatable bonds is 4. The van der Waals surface area contributed by atoms with E-state index >= 15 is 0 Å². The van der Waals surface area contributed by atoms with Gasteiger partial charge in [0.2, 0.25) is 0 Å². The molecule has 1 heterocycles. The molecule has 0 saturated carbocycles. The van der Waals surface area contributed by atoms with Gasteiger partial charge in [-0.05, 0) is 20.8 Å². The van der Waals surface area contributed by atoms with Gasteiger partial charge in [0.15, 0.2) is 5.92 Å². The maximum absolute atomic E-state index is 11.5. The van der Waals surface area contributed by atoms with E-state index in [2.05, 4.69) is 9.47 Å². The maximum atomic E-state index is 11.5. The maximum Gasteiger partial charge on any atom is 0.320 e. The second-order valence-electron chi connectivity index (χ2n) is 4.65. The third kappa shape index (κ3) is 2.19. The van der Waals surface area contributed by atoms with Crippen LogP contribution >= 0.6 is 0 Å². The molecule has 1 fully saturated rings. The molecule has 5 heteroatoms. The standard InChI is InChI=1S/C11H18O5/c1-10(2)11(3,16-10)6-7(8(12)14-4)9(13)15-5/h7H,6H2,1-5H3. The van der Waals surface area contributed by atoms with Crippen LogP contribution in [0.25, 0.3) is 0 Å². The molecule has 0 N–H and O–H groups in total. The summed E-state index contributed by atoms with van der Waals surface area (Å²) in [7, 11) is 2.50. The predicted octanol–water partition coefficient (Wildman–Crippen LogP) is 0.906. The highest BCUT2D eigenvalue weighted by atomic mass is 16.6. The highest BCUT2D eigenvalue weighted by molar-refractivity contribution is 5.95. The van der Waals surface area contributed by atoms with Crippen molar-refractivity contribution >= 4 is 11.9 Å². The van der Waals surface area contributed by atoms with E-state index in [1.54, 1.807) is 0 Å². The Bertz CT molecular complexity index is 293. The molecule has 1 atom stereocenters. The Kier molecular flexibility index (Phi) is 3.28. The van der Waals surface area contributed by atoms with Gasteiger partial charge in [-0.1, -0.05) is 0 Å². The average Bonchev–Trinajstić information content (AvgIpc) is 2.72. The molecule has 0 aromatic rings. The number of epoxide rings is 1. The van der Waals surface area contributed by atoms with Gasteiger partial charge in [0.05, 0.1) is 25.4 Å². The summed E-state index contributed by atoms with van der Waals surface area (Å²) in [6.45, 7) is 5.70. The molecular formula is C11H18O5. The molecule has 0 amide bonds. The van der Waals surface area contributed by atoms with Crippen molar-refractivity contribution in [1.29, 1.82) is 0 Å². The van der Waals surface area contributed by atoms with Crippen LogP contribution in [0.4, 0.5) is 0 Å². The summed E-state index contributed by atoms with van der Waals surface area (Å²) in [4.78, 5) is 22.9. The summed E-state index contributed by atoms with van der Waals surface area (Å²) in [5.41, 5.74) is -0.784. The molecule has 92 valence electrons. The van der Waals surface area contributed by atoms with Crippen molar-refractivity contribution in [2.24, 2.45) is 5.92 Å². The second-order valence-corrected chi connectivity index (χ2v) is 4.65. The molecule has 1 unspecified atom stereocenters. The molecule has 1 rings (SSSR count). The van der Waals surface area contributed by atoms with Gasteiger partial charge >= 0.3 is 11.9 Å². The average molecular weight is 230 g/mol. The van der Waals surface area contributed by atoms with Gasteiger partial charge in [-0.3, -0.25) is 9.59 Å². The van der Waals surface area contributed by atoms with Gasteiger partial charge in [0, 0.05) is 6.42 Å². The number of methoxy groups -OCH3 is 2. The molecule has 0 aromatic heterocycles. The molecule has 0 spiro atoms. The Labute approximate surface area is 95.0 Å². The Morgan fingerprint density at radius 1 is 1.12 bits per heavy atom. The number of esters is 2. The van der Waals surface area contributed by atoms with Crippen molar-refractivity contribution in [3.63, 3.8) is 0 Å². The normalized spacial score (nSPS) is 26.4. The summed E-state index contributed by atoms with van der Waals surface area (Å²) >= 11 is 0. The highest BCUT2D eigenvalue weighted by Gasteiger charge is 2.61. The SMILES string of the molecule is COC(=O)C(CC1(C)OC1(C)C)C(=O)OC. The Hall–Kier alpha value is -1.10. The van der Waals surface area contributed by atoms with Crippen molar-refractivity contribution in [3.8, 4) is 0 Å². The van der Waals surface area contributed by atoms with E-state index < -0.39 is 23.5 Å². The lowest BCUT2D eigenvalue weighted by atomic mass is 9.88. The molecule has 0 aliphatic carbocycles. The van der Waals surface area contributed by atoms with Crippen LogP contribution in [0.3, 0.4) is 0 Å². The Morgan fingerprint density at radius 3 is 1.75 bits per heavy atom. The third-order valence-corrected chi connectivity index (χ3v) is 3.28. The monoisotopic (exact) mass is 230 g/mol. The number of ether oxygens (including phenoxy) is 3. The zero-order valence-electron chi connectivity index (χ0n) is 10.3. The fraction of sp³-hybridized carbons (Fsp3) is 0.818. The lowest BCUT2D eigenvalue weighted by Gasteiger charge is -2.16. The van der Waals surface area contributed by atoms with Gasteiger partial charge < -0.3 is 14.2 Å². The molecule has 0 bridgehead atoms. The molecule has 0 aromatic carbocycles. The molecule has 16 heavy (non-hydrogen) atoms. The van der Waals surface area contributed by atoms with E-state index in [-0.39, 0.29) is 12.0 Å². The van der Waals surface area contributed by atoms with Gasteiger partial charge in [-0.2, -0.15) is 0 Å². The largest absolute Gasteiger partial charge is 0.468 e. The van der Waals surface area contributed by atoms with E-state index in [0.29, 0.717) is 0 Å². The van der Waals surface area contributed by atoms with Crippen molar-refractivity contribution in [3.05, 3.63) is 0 Å². The first-order chi connectivity index (χ1) is 7.27. The summed E-state index contributed by atoms with van der Waals surface area (Å²) in [5, 5.41) is 0.